The van der Waals surface area contributed by atoms with E-state index in [1.807, 2.05) is 18.2 Å². The summed E-state index contributed by atoms with van der Waals surface area (Å²) in [6, 6.07) is 5.84. The second-order valence-electron chi connectivity index (χ2n) is 3.06. The molecule has 1 rings (SSSR count). The highest BCUT2D eigenvalue weighted by Gasteiger charge is 2.04. The largest absolute Gasteiger partial charge is 0.385 e. The molecule has 1 radical (unpaired) electrons. The summed E-state index contributed by atoms with van der Waals surface area (Å²) in [7, 11) is 0. The number of hydrogen-bond acceptors (Lipinski definition) is 1. The van der Waals surface area contributed by atoms with Crippen molar-refractivity contribution in [3.05, 3.63) is 40.4 Å². The maximum Gasteiger partial charge on any atom is 0.109 e. The van der Waals surface area contributed by atoms with Gasteiger partial charge in [0.2, 0.25) is 0 Å². The van der Waals surface area contributed by atoms with E-state index in [4.69, 9.17) is 5.11 Å². The topological polar surface area (TPSA) is 20.2 Å². The van der Waals surface area contributed by atoms with Crippen molar-refractivity contribution in [2.75, 3.05) is 0 Å². The monoisotopic (exact) mass is 227 g/mol. The highest BCUT2D eigenvalue weighted by atomic mass is 79.9. The zero-order chi connectivity index (χ0) is 9.14. The first-order valence-electron chi connectivity index (χ1n) is 3.92. The standard InChI is InChI=1S/C10H12BrO/c1-7(2)9-4-3-8(6-12)5-10(9)11/h3-7,12H,1-2H3. The van der Waals surface area contributed by atoms with Crippen LogP contribution in [-0.4, -0.2) is 5.11 Å². The lowest BCUT2D eigenvalue weighted by Gasteiger charge is -2.08. The van der Waals surface area contributed by atoms with Crippen LogP contribution in [0.1, 0.15) is 30.9 Å². The molecule has 0 aliphatic rings. The Labute approximate surface area is 81.6 Å². The second-order valence-corrected chi connectivity index (χ2v) is 3.92. The Morgan fingerprint density at radius 2 is 2.08 bits per heavy atom. The minimum Gasteiger partial charge on any atom is -0.385 e. The fourth-order valence-electron chi connectivity index (χ4n) is 1.09. The fourth-order valence-corrected chi connectivity index (χ4v) is 1.95. The number of aliphatic hydroxyl groups is 1. The highest BCUT2D eigenvalue weighted by molar-refractivity contribution is 9.10. The summed E-state index contributed by atoms with van der Waals surface area (Å²) in [5.41, 5.74) is 2.09. The molecule has 0 aliphatic heterocycles. The van der Waals surface area contributed by atoms with E-state index in [2.05, 4.69) is 29.8 Å². The van der Waals surface area contributed by atoms with Crippen molar-refractivity contribution in [1.82, 2.24) is 0 Å². The zero-order valence-corrected chi connectivity index (χ0v) is 8.80. The van der Waals surface area contributed by atoms with Gasteiger partial charge in [-0.25, -0.2) is 0 Å². The van der Waals surface area contributed by atoms with E-state index in [-0.39, 0.29) is 0 Å². The Morgan fingerprint density at radius 1 is 1.42 bits per heavy atom. The molecule has 0 bridgehead atoms. The summed E-state index contributed by atoms with van der Waals surface area (Å²) in [5, 5.41) is 8.75. The van der Waals surface area contributed by atoms with Crippen LogP contribution in [0.15, 0.2) is 22.7 Å². The number of aliphatic hydroxyl groups excluding tert-OH is 1. The smallest absolute Gasteiger partial charge is 0.109 e. The third-order valence-electron chi connectivity index (χ3n) is 1.80. The van der Waals surface area contributed by atoms with Crippen molar-refractivity contribution in [2.45, 2.75) is 19.8 Å². The summed E-state index contributed by atoms with van der Waals surface area (Å²) < 4.78 is 1.06. The van der Waals surface area contributed by atoms with E-state index >= 15 is 0 Å². The Balaban J connectivity index is 3.03. The maximum absolute atomic E-state index is 8.75. The van der Waals surface area contributed by atoms with Gasteiger partial charge in [-0.05, 0) is 23.1 Å². The molecule has 2 heteroatoms. The van der Waals surface area contributed by atoms with Crippen LogP contribution in [-0.2, 0) is 0 Å². The molecule has 1 aromatic rings. The molecular formula is C10H12BrO. The molecular weight excluding hydrogens is 216 g/mol. The van der Waals surface area contributed by atoms with Crippen molar-refractivity contribution in [1.29, 1.82) is 0 Å². The normalized spacial score (nSPS) is 10.8. The summed E-state index contributed by atoms with van der Waals surface area (Å²) >= 11 is 3.46. The lowest BCUT2D eigenvalue weighted by atomic mass is 10.0. The van der Waals surface area contributed by atoms with Gasteiger partial charge >= 0.3 is 0 Å². The molecule has 12 heavy (non-hydrogen) atoms. The molecule has 0 saturated carbocycles. The van der Waals surface area contributed by atoms with Crippen LogP contribution in [0.5, 0.6) is 0 Å². The minimum atomic E-state index is 0.507. The van der Waals surface area contributed by atoms with Gasteiger partial charge in [0.05, 0.1) is 0 Å². The third kappa shape index (κ3) is 2.08. The maximum atomic E-state index is 8.75. The Morgan fingerprint density at radius 3 is 2.50 bits per heavy atom. The van der Waals surface area contributed by atoms with Gasteiger partial charge in [0.25, 0.3) is 0 Å². The lowest BCUT2D eigenvalue weighted by Crippen LogP contribution is -1.90. The van der Waals surface area contributed by atoms with Crippen LogP contribution in [0, 0.1) is 6.61 Å². The van der Waals surface area contributed by atoms with Gasteiger partial charge in [-0.1, -0.05) is 41.9 Å². The molecule has 0 spiro atoms. The van der Waals surface area contributed by atoms with Gasteiger partial charge in [0.15, 0.2) is 0 Å². The third-order valence-corrected chi connectivity index (χ3v) is 2.48. The van der Waals surface area contributed by atoms with E-state index in [0.717, 1.165) is 16.6 Å². The molecule has 1 aromatic carbocycles. The SMILES string of the molecule is CC(C)c1ccc([CH]O)cc1Br. The summed E-state index contributed by atoms with van der Waals surface area (Å²) in [4.78, 5) is 0. The predicted octanol–water partition coefficient (Wildman–Crippen LogP) is 3.45. The Bertz CT molecular complexity index is 269. The van der Waals surface area contributed by atoms with Gasteiger partial charge in [-0.3, -0.25) is 0 Å². The van der Waals surface area contributed by atoms with Crippen LogP contribution in [0.25, 0.3) is 0 Å². The summed E-state index contributed by atoms with van der Waals surface area (Å²) in [6.07, 6.45) is 0. The van der Waals surface area contributed by atoms with Gasteiger partial charge in [0, 0.05) is 4.47 Å². The molecule has 1 nitrogen and oxygen atoms in total. The second kappa shape index (κ2) is 4.06. The average Bonchev–Trinajstić information content (AvgIpc) is 2.03. The quantitative estimate of drug-likeness (QED) is 0.821. The number of rotatable bonds is 2. The summed E-state index contributed by atoms with van der Waals surface area (Å²) in [6.45, 7) is 5.39. The fraction of sp³-hybridized carbons (Fsp3) is 0.300. The van der Waals surface area contributed by atoms with Crippen LogP contribution >= 0.6 is 15.9 Å². The molecule has 0 amide bonds. The van der Waals surface area contributed by atoms with Gasteiger partial charge in [-0.15, -0.1) is 0 Å². The molecule has 0 fully saturated rings. The van der Waals surface area contributed by atoms with Gasteiger partial charge < -0.3 is 5.11 Å². The Kier molecular flexibility index (Phi) is 3.29. The van der Waals surface area contributed by atoms with Crippen molar-refractivity contribution < 1.29 is 5.11 Å². The van der Waals surface area contributed by atoms with Crippen LogP contribution in [0.4, 0.5) is 0 Å². The number of halogens is 1. The molecule has 0 aromatic heterocycles. The molecule has 0 unspecified atom stereocenters. The van der Waals surface area contributed by atoms with Crippen molar-refractivity contribution in [3.8, 4) is 0 Å². The molecule has 1 N–H and O–H groups in total. The van der Waals surface area contributed by atoms with Gasteiger partial charge in [0.1, 0.15) is 6.61 Å². The van der Waals surface area contributed by atoms with Crippen molar-refractivity contribution in [2.24, 2.45) is 0 Å². The number of hydrogen-bond donors (Lipinski definition) is 1. The van der Waals surface area contributed by atoms with Crippen molar-refractivity contribution >= 4 is 15.9 Å². The van der Waals surface area contributed by atoms with E-state index in [1.54, 1.807) is 0 Å². The zero-order valence-electron chi connectivity index (χ0n) is 7.21. The van der Waals surface area contributed by atoms with Crippen LogP contribution < -0.4 is 0 Å². The summed E-state index contributed by atoms with van der Waals surface area (Å²) in [5.74, 6) is 0.507. The van der Waals surface area contributed by atoms with Gasteiger partial charge in [-0.2, -0.15) is 0 Å². The predicted molar refractivity (Wildman–Crippen MR) is 53.6 cm³/mol. The number of benzene rings is 1. The minimum absolute atomic E-state index is 0.507. The van der Waals surface area contributed by atoms with Crippen LogP contribution in [0.3, 0.4) is 0 Å². The van der Waals surface area contributed by atoms with Crippen LogP contribution in [0.2, 0.25) is 0 Å². The Hall–Kier alpha value is -0.340. The van der Waals surface area contributed by atoms with E-state index < -0.39 is 0 Å². The lowest BCUT2D eigenvalue weighted by molar-refractivity contribution is 0.415. The molecule has 0 aliphatic carbocycles. The molecule has 0 atom stereocenters. The van der Waals surface area contributed by atoms with Crippen molar-refractivity contribution in [3.63, 3.8) is 0 Å². The first-order chi connectivity index (χ1) is 5.65. The highest BCUT2D eigenvalue weighted by Crippen LogP contribution is 2.25. The van der Waals surface area contributed by atoms with E-state index in [0.29, 0.717) is 5.92 Å². The average molecular weight is 228 g/mol. The first kappa shape index (κ1) is 9.75. The first-order valence-corrected chi connectivity index (χ1v) is 4.71. The molecule has 0 saturated heterocycles. The van der Waals surface area contributed by atoms with E-state index in [9.17, 15) is 0 Å². The molecule has 0 heterocycles. The molecule has 65 valence electrons. The van der Waals surface area contributed by atoms with E-state index in [1.165, 1.54) is 5.56 Å².